The van der Waals surface area contributed by atoms with Crippen molar-refractivity contribution in [3.05, 3.63) is 28.0 Å². The predicted octanol–water partition coefficient (Wildman–Crippen LogP) is 2.72. The van der Waals surface area contributed by atoms with Gasteiger partial charge in [0, 0.05) is 0 Å². The molecule has 0 bridgehead atoms. The number of rotatable bonds is 1. The molecule has 98 valence electrons. The molecule has 1 saturated heterocycles. The smallest absolute Gasteiger partial charge is 0.316 e. The highest BCUT2D eigenvalue weighted by Gasteiger charge is 2.36. The minimum Gasteiger partial charge on any atom is -0.316 e. The Morgan fingerprint density at radius 1 is 1.28 bits per heavy atom. The summed E-state index contributed by atoms with van der Waals surface area (Å²) < 4.78 is 0. The Morgan fingerprint density at radius 2 is 1.83 bits per heavy atom. The molecule has 2 heterocycles. The van der Waals surface area contributed by atoms with Crippen molar-refractivity contribution < 1.29 is 4.79 Å². The van der Waals surface area contributed by atoms with Gasteiger partial charge in [-0.15, -0.1) is 0 Å². The summed E-state index contributed by atoms with van der Waals surface area (Å²) in [5.41, 5.74) is 3.52. The zero-order valence-electron chi connectivity index (χ0n) is 10.3. The summed E-state index contributed by atoms with van der Waals surface area (Å²) in [4.78, 5) is 15.7. The van der Waals surface area contributed by atoms with Crippen molar-refractivity contribution in [2.45, 2.75) is 32.5 Å². The molecule has 2 amide bonds. The Bertz CT molecular complexity index is 466. The van der Waals surface area contributed by atoms with E-state index in [0.717, 1.165) is 5.56 Å². The summed E-state index contributed by atoms with van der Waals surface area (Å²) in [7, 11) is 0. The topological polar surface area (TPSA) is 57.3 Å². The lowest BCUT2D eigenvalue weighted by molar-refractivity contribution is 0.126. The molecule has 5 nitrogen and oxygen atoms in total. The molecular formula is C11H14Cl2N4O. The molecule has 1 aliphatic heterocycles. The van der Waals surface area contributed by atoms with Crippen LogP contribution in [0.15, 0.2) is 12.1 Å². The average molecular weight is 289 g/mol. The summed E-state index contributed by atoms with van der Waals surface area (Å²) in [6, 6.07) is 3.14. The van der Waals surface area contributed by atoms with Crippen molar-refractivity contribution >= 4 is 29.2 Å². The third kappa shape index (κ3) is 2.68. The first-order valence-electron chi connectivity index (χ1n) is 5.47. The Kier molecular flexibility index (Phi) is 3.40. The van der Waals surface area contributed by atoms with Crippen molar-refractivity contribution in [2.75, 3.05) is 0 Å². The lowest BCUT2D eigenvalue weighted by Gasteiger charge is -2.30. The van der Waals surface area contributed by atoms with Gasteiger partial charge in [-0.2, -0.15) is 0 Å². The van der Waals surface area contributed by atoms with Crippen LogP contribution in [0.5, 0.6) is 0 Å². The van der Waals surface area contributed by atoms with E-state index in [9.17, 15) is 4.79 Å². The molecule has 1 fully saturated rings. The molecule has 18 heavy (non-hydrogen) atoms. The van der Waals surface area contributed by atoms with Gasteiger partial charge >= 0.3 is 6.03 Å². The van der Waals surface area contributed by atoms with Gasteiger partial charge in [0.05, 0.1) is 5.54 Å². The molecule has 7 heteroatoms. The van der Waals surface area contributed by atoms with Gasteiger partial charge in [0.2, 0.25) is 0 Å². The lowest BCUT2D eigenvalue weighted by atomic mass is 10.1. The van der Waals surface area contributed by atoms with Crippen LogP contribution in [0.3, 0.4) is 0 Å². The standard InChI is InChI=1S/C11H14Cl2N4O/c1-11(2,3)17-10(18)15-9(16-17)6-4-7(12)14-8(13)5-6/h4-5,9,16H,1-3H3,(H,15,18). The van der Waals surface area contributed by atoms with Crippen molar-refractivity contribution in [1.82, 2.24) is 20.7 Å². The molecule has 1 atom stereocenters. The van der Waals surface area contributed by atoms with Crippen LogP contribution in [0.25, 0.3) is 0 Å². The van der Waals surface area contributed by atoms with Crippen molar-refractivity contribution in [3.63, 3.8) is 0 Å². The fourth-order valence-corrected chi connectivity index (χ4v) is 2.19. The maximum atomic E-state index is 11.8. The summed E-state index contributed by atoms with van der Waals surface area (Å²) in [6.07, 6.45) is -0.352. The number of halogens is 2. The SMILES string of the molecule is CC(C)(C)N1NC(c2cc(Cl)nc(Cl)c2)NC1=O. The molecule has 1 unspecified atom stereocenters. The molecule has 2 rings (SSSR count). The molecule has 1 aromatic heterocycles. The Morgan fingerprint density at radius 3 is 2.28 bits per heavy atom. The zero-order valence-corrected chi connectivity index (χ0v) is 11.8. The van der Waals surface area contributed by atoms with E-state index < -0.39 is 0 Å². The van der Waals surface area contributed by atoms with Crippen LogP contribution in [-0.2, 0) is 0 Å². The minimum atomic E-state index is -0.352. The maximum absolute atomic E-state index is 11.8. The van der Waals surface area contributed by atoms with Gasteiger partial charge in [0.1, 0.15) is 16.5 Å². The monoisotopic (exact) mass is 288 g/mol. The van der Waals surface area contributed by atoms with Gasteiger partial charge < -0.3 is 5.32 Å². The van der Waals surface area contributed by atoms with Crippen LogP contribution < -0.4 is 10.7 Å². The number of nitrogens with zero attached hydrogens (tertiary/aromatic N) is 2. The molecule has 0 aliphatic carbocycles. The first kappa shape index (κ1) is 13.4. The number of nitrogens with one attached hydrogen (secondary N) is 2. The van der Waals surface area contributed by atoms with Crippen LogP contribution in [-0.4, -0.2) is 21.6 Å². The number of pyridine rings is 1. The molecule has 2 N–H and O–H groups in total. The van der Waals surface area contributed by atoms with E-state index in [1.807, 2.05) is 20.8 Å². The van der Waals surface area contributed by atoms with Gasteiger partial charge in [-0.1, -0.05) is 23.2 Å². The van der Waals surface area contributed by atoms with Crippen LogP contribution in [0.4, 0.5) is 4.79 Å². The third-order valence-electron chi connectivity index (χ3n) is 2.52. The van der Waals surface area contributed by atoms with Gasteiger partial charge in [0.15, 0.2) is 0 Å². The van der Waals surface area contributed by atoms with E-state index in [1.54, 1.807) is 17.1 Å². The van der Waals surface area contributed by atoms with E-state index >= 15 is 0 Å². The lowest BCUT2D eigenvalue weighted by Crippen LogP contribution is -2.48. The third-order valence-corrected chi connectivity index (χ3v) is 2.91. The number of hydrogen-bond acceptors (Lipinski definition) is 3. The molecule has 1 aliphatic rings. The van der Waals surface area contributed by atoms with Crippen LogP contribution in [0, 0.1) is 0 Å². The molecule has 0 spiro atoms. The number of amides is 2. The Balaban J connectivity index is 2.24. The fraction of sp³-hybridized carbons (Fsp3) is 0.455. The summed E-state index contributed by atoms with van der Waals surface area (Å²) in [6.45, 7) is 5.82. The van der Waals surface area contributed by atoms with Crippen molar-refractivity contribution in [1.29, 1.82) is 0 Å². The normalized spacial score (nSPS) is 20.2. The fourth-order valence-electron chi connectivity index (χ4n) is 1.71. The van der Waals surface area contributed by atoms with E-state index in [0.29, 0.717) is 10.3 Å². The van der Waals surface area contributed by atoms with E-state index in [-0.39, 0.29) is 17.7 Å². The first-order valence-corrected chi connectivity index (χ1v) is 6.23. The highest BCUT2D eigenvalue weighted by atomic mass is 35.5. The van der Waals surface area contributed by atoms with Crippen LogP contribution in [0.1, 0.15) is 32.5 Å². The number of urea groups is 1. The quantitative estimate of drug-likeness (QED) is 0.781. The van der Waals surface area contributed by atoms with Crippen molar-refractivity contribution in [3.8, 4) is 0 Å². The number of aromatic nitrogens is 1. The Hall–Kier alpha value is -1.04. The second kappa shape index (κ2) is 4.57. The van der Waals surface area contributed by atoms with Crippen molar-refractivity contribution in [2.24, 2.45) is 0 Å². The van der Waals surface area contributed by atoms with E-state index in [2.05, 4.69) is 15.7 Å². The second-order valence-electron chi connectivity index (χ2n) is 5.06. The van der Waals surface area contributed by atoms with E-state index in [1.165, 1.54) is 0 Å². The summed E-state index contributed by atoms with van der Waals surface area (Å²) in [5.74, 6) is 0. The number of carbonyl (C=O) groups is 1. The predicted molar refractivity (Wildman–Crippen MR) is 70.3 cm³/mol. The molecule has 0 saturated carbocycles. The molecule has 0 aromatic carbocycles. The van der Waals surface area contributed by atoms with Gasteiger partial charge in [-0.25, -0.2) is 15.2 Å². The maximum Gasteiger partial charge on any atom is 0.333 e. The first-order chi connectivity index (χ1) is 8.27. The summed E-state index contributed by atoms with van der Waals surface area (Å²) >= 11 is 11.7. The number of carbonyl (C=O) groups excluding carboxylic acids is 1. The molecule has 1 aromatic rings. The number of hydrogen-bond donors (Lipinski definition) is 2. The largest absolute Gasteiger partial charge is 0.333 e. The van der Waals surface area contributed by atoms with E-state index in [4.69, 9.17) is 23.2 Å². The second-order valence-corrected chi connectivity index (χ2v) is 5.84. The van der Waals surface area contributed by atoms with Gasteiger partial charge in [-0.05, 0) is 38.5 Å². The van der Waals surface area contributed by atoms with Gasteiger partial charge in [-0.3, -0.25) is 5.01 Å². The summed E-state index contributed by atoms with van der Waals surface area (Å²) in [5, 5.41) is 4.94. The number of hydrazine groups is 1. The molecule has 0 radical (unpaired) electrons. The minimum absolute atomic E-state index is 0.184. The molecular weight excluding hydrogens is 275 g/mol. The highest BCUT2D eigenvalue weighted by Crippen LogP contribution is 2.24. The zero-order chi connectivity index (χ0) is 13.5. The van der Waals surface area contributed by atoms with Crippen LogP contribution >= 0.6 is 23.2 Å². The Labute approximate surface area is 115 Å². The van der Waals surface area contributed by atoms with Crippen LogP contribution in [0.2, 0.25) is 10.3 Å². The van der Waals surface area contributed by atoms with Gasteiger partial charge in [0.25, 0.3) is 0 Å². The average Bonchev–Trinajstić information content (AvgIpc) is 2.58. The highest BCUT2D eigenvalue weighted by molar-refractivity contribution is 6.32.